The minimum absolute atomic E-state index is 0.0178. The lowest BCUT2D eigenvalue weighted by Crippen LogP contribution is -2.25. The van der Waals surface area contributed by atoms with E-state index in [4.69, 9.17) is 9.47 Å². The summed E-state index contributed by atoms with van der Waals surface area (Å²) < 4.78 is 33.6. The molecule has 0 heterocycles. The number of sulfone groups is 1. The van der Waals surface area contributed by atoms with Crippen molar-refractivity contribution < 1.29 is 27.5 Å². The van der Waals surface area contributed by atoms with Crippen LogP contribution in [0.3, 0.4) is 0 Å². The molecule has 0 aliphatic heterocycles. The van der Waals surface area contributed by atoms with Crippen LogP contribution < -0.4 is 4.74 Å². The number of carbonyl (C=O) groups excluding carboxylic acids is 2. The number of hydrogen-bond donors (Lipinski definition) is 0. The van der Waals surface area contributed by atoms with Gasteiger partial charge in [-0.2, -0.15) is 0 Å². The van der Waals surface area contributed by atoms with Gasteiger partial charge in [-0.3, -0.25) is 4.79 Å². The molecule has 0 radical (unpaired) electrons. The van der Waals surface area contributed by atoms with Crippen molar-refractivity contribution in [3.8, 4) is 5.75 Å². The molecule has 26 heavy (non-hydrogen) atoms. The summed E-state index contributed by atoms with van der Waals surface area (Å²) in [6, 6.07) is 10.7. The van der Waals surface area contributed by atoms with Crippen molar-refractivity contribution in [2.75, 3.05) is 13.4 Å². The van der Waals surface area contributed by atoms with Crippen LogP contribution in [-0.2, 0) is 14.6 Å². The molecule has 0 amide bonds. The van der Waals surface area contributed by atoms with Crippen molar-refractivity contribution in [3.63, 3.8) is 0 Å². The minimum Gasteiger partial charge on any atom is -0.497 e. The van der Waals surface area contributed by atoms with Gasteiger partial charge in [-0.15, -0.1) is 0 Å². The highest BCUT2D eigenvalue weighted by atomic mass is 32.2. The summed E-state index contributed by atoms with van der Waals surface area (Å²) in [7, 11) is -1.93. The van der Waals surface area contributed by atoms with E-state index in [0.717, 1.165) is 6.26 Å². The van der Waals surface area contributed by atoms with Gasteiger partial charge in [0, 0.05) is 11.8 Å². The first-order valence-corrected chi connectivity index (χ1v) is 9.72. The Bertz CT molecular complexity index is 929. The molecule has 7 heteroatoms. The maximum absolute atomic E-state index is 12.4. The zero-order valence-electron chi connectivity index (χ0n) is 15.0. The maximum atomic E-state index is 12.4. The number of ether oxygens (including phenoxy) is 2. The third-order valence-electron chi connectivity index (χ3n) is 3.88. The van der Waals surface area contributed by atoms with Gasteiger partial charge in [-0.05, 0) is 55.8 Å². The summed E-state index contributed by atoms with van der Waals surface area (Å²) >= 11 is 0. The van der Waals surface area contributed by atoms with Crippen molar-refractivity contribution >= 4 is 21.6 Å². The van der Waals surface area contributed by atoms with E-state index in [9.17, 15) is 18.0 Å². The molecule has 0 unspecified atom stereocenters. The number of Topliss-reactive ketones (excluding diaryl/α,β-unsaturated/α-hetero) is 1. The monoisotopic (exact) mass is 376 g/mol. The van der Waals surface area contributed by atoms with E-state index in [1.165, 1.54) is 32.2 Å². The molecule has 0 bridgehead atoms. The number of aryl methyl sites for hydroxylation is 1. The van der Waals surface area contributed by atoms with Crippen molar-refractivity contribution in [1.29, 1.82) is 0 Å². The lowest BCUT2D eigenvalue weighted by Gasteiger charge is -2.14. The molecule has 0 saturated heterocycles. The van der Waals surface area contributed by atoms with Crippen LogP contribution in [0.15, 0.2) is 47.4 Å². The molecule has 2 aromatic carbocycles. The molecule has 0 aliphatic carbocycles. The van der Waals surface area contributed by atoms with E-state index < -0.39 is 21.9 Å². The summed E-state index contributed by atoms with van der Waals surface area (Å²) in [5.41, 5.74) is 1.06. The third-order valence-corrected chi connectivity index (χ3v) is 4.99. The molecule has 6 nitrogen and oxygen atoms in total. The zero-order valence-corrected chi connectivity index (χ0v) is 15.8. The molecule has 0 N–H and O–H groups in total. The normalized spacial score (nSPS) is 12.3. The number of ketones is 1. The van der Waals surface area contributed by atoms with Gasteiger partial charge >= 0.3 is 5.97 Å². The van der Waals surface area contributed by atoms with Crippen molar-refractivity contribution in [2.45, 2.75) is 24.8 Å². The molecule has 0 fully saturated rings. The van der Waals surface area contributed by atoms with Crippen LogP contribution in [0.4, 0.5) is 0 Å². The Labute approximate surface area is 152 Å². The van der Waals surface area contributed by atoms with Crippen LogP contribution in [-0.4, -0.2) is 39.6 Å². The Morgan fingerprint density at radius 3 is 2.19 bits per heavy atom. The average Bonchev–Trinajstić information content (AvgIpc) is 2.60. The van der Waals surface area contributed by atoms with Gasteiger partial charge in [0.25, 0.3) is 0 Å². The van der Waals surface area contributed by atoms with E-state index in [0.29, 0.717) is 16.9 Å². The van der Waals surface area contributed by atoms with Gasteiger partial charge in [0.2, 0.25) is 5.78 Å². The first kappa shape index (κ1) is 19.7. The maximum Gasteiger partial charge on any atom is 0.339 e. The van der Waals surface area contributed by atoms with Crippen LogP contribution in [0.25, 0.3) is 0 Å². The summed E-state index contributed by atoms with van der Waals surface area (Å²) in [6.45, 7) is 3.14. The second-order valence-corrected chi connectivity index (χ2v) is 7.90. The average molecular weight is 376 g/mol. The van der Waals surface area contributed by atoms with Gasteiger partial charge in [0.05, 0.1) is 17.6 Å². The van der Waals surface area contributed by atoms with Crippen LogP contribution in [0.2, 0.25) is 0 Å². The molecule has 2 aromatic rings. The minimum atomic E-state index is -3.46. The quantitative estimate of drug-likeness (QED) is 0.569. The topological polar surface area (TPSA) is 86.7 Å². The highest BCUT2D eigenvalue weighted by Crippen LogP contribution is 2.19. The van der Waals surface area contributed by atoms with E-state index in [1.807, 2.05) is 0 Å². The summed E-state index contributed by atoms with van der Waals surface area (Å²) in [6.07, 6.45) is 0.0416. The van der Waals surface area contributed by atoms with Crippen molar-refractivity contribution in [1.82, 2.24) is 0 Å². The third kappa shape index (κ3) is 4.49. The van der Waals surface area contributed by atoms with Crippen LogP contribution >= 0.6 is 0 Å². The van der Waals surface area contributed by atoms with Gasteiger partial charge in [-0.1, -0.05) is 6.07 Å². The van der Waals surface area contributed by atoms with E-state index in [2.05, 4.69) is 0 Å². The number of benzene rings is 2. The Balaban J connectivity index is 2.19. The molecule has 0 aliphatic rings. The molecule has 0 spiro atoms. The number of hydrogen-bond acceptors (Lipinski definition) is 6. The number of methoxy groups -OCH3 is 1. The van der Waals surface area contributed by atoms with Crippen molar-refractivity contribution in [3.05, 3.63) is 59.2 Å². The second kappa shape index (κ2) is 7.70. The standard InChI is InChI=1S/C19H20O6S/c1-12-5-10-16(26(4,22)23)11-17(12)19(21)25-13(2)18(20)14-6-8-15(24-3)9-7-14/h5-11,13H,1-4H3/t13-/m1/s1. The van der Waals surface area contributed by atoms with Gasteiger partial charge in [0.15, 0.2) is 15.9 Å². The summed E-state index contributed by atoms with van der Waals surface area (Å²) in [4.78, 5) is 24.8. The van der Waals surface area contributed by atoms with Gasteiger partial charge in [0.1, 0.15) is 5.75 Å². The predicted octanol–water partition coefficient (Wildman–Crippen LogP) is 2.84. The first-order valence-electron chi connectivity index (χ1n) is 7.83. The Morgan fingerprint density at radius 2 is 1.65 bits per heavy atom. The zero-order chi connectivity index (χ0) is 19.5. The number of esters is 1. The SMILES string of the molecule is COc1ccc(C(=O)[C@@H](C)OC(=O)c2cc(S(C)(=O)=O)ccc2C)cc1. The fraction of sp³-hybridized carbons (Fsp3) is 0.263. The van der Waals surface area contributed by atoms with Gasteiger partial charge < -0.3 is 9.47 Å². The largest absolute Gasteiger partial charge is 0.497 e. The molecule has 138 valence electrons. The fourth-order valence-electron chi connectivity index (χ4n) is 2.32. The lowest BCUT2D eigenvalue weighted by molar-refractivity contribution is 0.0318. The van der Waals surface area contributed by atoms with Crippen LogP contribution in [0.1, 0.15) is 33.2 Å². The highest BCUT2D eigenvalue weighted by Gasteiger charge is 2.22. The number of rotatable bonds is 6. The smallest absolute Gasteiger partial charge is 0.339 e. The van der Waals surface area contributed by atoms with Crippen molar-refractivity contribution in [2.24, 2.45) is 0 Å². The van der Waals surface area contributed by atoms with E-state index >= 15 is 0 Å². The summed E-state index contributed by atoms with van der Waals surface area (Å²) in [5.74, 6) is -0.500. The molecular weight excluding hydrogens is 356 g/mol. The Hall–Kier alpha value is -2.67. The predicted molar refractivity (Wildman–Crippen MR) is 96.5 cm³/mol. The second-order valence-electron chi connectivity index (χ2n) is 5.89. The highest BCUT2D eigenvalue weighted by molar-refractivity contribution is 7.90. The molecule has 0 aromatic heterocycles. The lowest BCUT2D eigenvalue weighted by atomic mass is 10.1. The van der Waals surface area contributed by atoms with Crippen LogP contribution in [0, 0.1) is 6.92 Å². The molecule has 2 rings (SSSR count). The van der Waals surface area contributed by atoms with Gasteiger partial charge in [-0.25, -0.2) is 13.2 Å². The number of carbonyl (C=O) groups is 2. The van der Waals surface area contributed by atoms with E-state index in [1.54, 1.807) is 31.2 Å². The summed E-state index contributed by atoms with van der Waals surface area (Å²) in [5, 5.41) is 0. The first-order chi connectivity index (χ1) is 12.1. The molecule has 1 atom stereocenters. The van der Waals surface area contributed by atoms with E-state index in [-0.39, 0.29) is 16.2 Å². The molecule has 0 saturated carbocycles. The Kier molecular flexibility index (Phi) is 5.82. The Morgan fingerprint density at radius 1 is 1.04 bits per heavy atom. The fourth-order valence-corrected chi connectivity index (χ4v) is 2.97. The van der Waals surface area contributed by atoms with Crippen LogP contribution in [0.5, 0.6) is 5.75 Å². The molecular formula is C19H20O6S.